The van der Waals surface area contributed by atoms with Gasteiger partial charge < -0.3 is 10.6 Å². The number of anilines is 1. The molecule has 0 amide bonds. The summed E-state index contributed by atoms with van der Waals surface area (Å²) in [5, 5.41) is 11.2. The lowest BCUT2D eigenvalue weighted by atomic mass is 9.65. The van der Waals surface area contributed by atoms with Crippen molar-refractivity contribution >= 4 is 27.4 Å². The summed E-state index contributed by atoms with van der Waals surface area (Å²) in [5.74, 6) is 0.419. The molecular formula is C18H18BrFN6. The number of fused-ring (bicyclic) bond motifs is 1. The van der Waals surface area contributed by atoms with Crippen LogP contribution in [0.1, 0.15) is 19.3 Å². The summed E-state index contributed by atoms with van der Waals surface area (Å²) in [6, 6.07) is 7.69. The summed E-state index contributed by atoms with van der Waals surface area (Å²) in [7, 11) is 0. The van der Waals surface area contributed by atoms with Gasteiger partial charge in [0.15, 0.2) is 16.1 Å². The van der Waals surface area contributed by atoms with Gasteiger partial charge in [0.1, 0.15) is 11.5 Å². The Hall–Kier alpha value is -2.06. The molecule has 0 bridgehead atoms. The first-order chi connectivity index (χ1) is 12.6. The van der Waals surface area contributed by atoms with Gasteiger partial charge in [0.2, 0.25) is 0 Å². The molecule has 0 radical (unpaired) electrons. The molecule has 1 aliphatic heterocycles. The minimum atomic E-state index is -0.432. The van der Waals surface area contributed by atoms with Crippen molar-refractivity contribution in [1.29, 1.82) is 0 Å². The molecule has 26 heavy (non-hydrogen) atoms. The van der Waals surface area contributed by atoms with Crippen LogP contribution in [-0.2, 0) is 0 Å². The molecule has 2 fully saturated rings. The van der Waals surface area contributed by atoms with Crippen molar-refractivity contribution in [3.05, 3.63) is 40.9 Å². The Morgan fingerprint density at radius 1 is 1.35 bits per heavy atom. The minimum absolute atomic E-state index is 0.156. The second kappa shape index (κ2) is 5.99. The van der Waals surface area contributed by atoms with Gasteiger partial charge in [0.05, 0.1) is 11.9 Å². The second-order valence-electron chi connectivity index (χ2n) is 7.28. The van der Waals surface area contributed by atoms with Crippen molar-refractivity contribution < 1.29 is 4.39 Å². The molecule has 0 unspecified atom stereocenters. The smallest absolute Gasteiger partial charge is 0.162 e. The summed E-state index contributed by atoms with van der Waals surface area (Å²) in [5.41, 5.74) is 2.44. The molecule has 2 aliphatic rings. The van der Waals surface area contributed by atoms with E-state index in [1.807, 2.05) is 18.2 Å². The number of imidazole rings is 1. The van der Waals surface area contributed by atoms with Crippen LogP contribution in [0, 0.1) is 11.2 Å². The summed E-state index contributed by atoms with van der Waals surface area (Å²) >= 11 is 3.13. The van der Waals surface area contributed by atoms with Crippen LogP contribution in [-0.4, -0.2) is 38.7 Å². The van der Waals surface area contributed by atoms with Crippen LogP contribution in [0.2, 0.25) is 0 Å². The molecule has 0 aromatic carbocycles. The molecule has 3 aromatic rings. The number of hydrogen-bond donors (Lipinski definition) is 2. The first-order valence-corrected chi connectivity index (χ1v) is 9.56. The predicted molar refractivity (Wildman–Crippen MR) is 100 cm³/mol. The predicted octanol–water partition coefficient (Wildman–Crippen LogP) is 3.25. The quantitative estimate of drug-likeness (QED) is 0.685. The first-order valence-electron chi connectivity index (χ1n) is 8.76. The fourth-order valence-corrected chi connectivity index (χ4v) is 4.42. The Balaban J connectivity index is 1.39. The Morgan fingerprint density at radius 2 is 2.23 bits per heavy atom. The third-order valence-electron chi connectivity index (χ3n) is 5.46. The van der Waals surface area contributed by atoms with Crippen LogP contribution in [0.25, 0.3) is 17.0 Å². The Bertz CT molecular complexity index is 973. The second-order valence-corrected chi connectivity index (χ2v) is 8.03. The third kappa shape index (κ3) is 2.68. The van der Waals surface area contributed by atoms with Gasteiger partial charge in [-0.3, -0.25) is 0 Å². The van der Waals surface area contributed by atoms with Gasteiger partial charge in [-0.2, -0.15) is 5.10 Å². The van der Waals surface area contributed by atoms with E-state index in [1.54, 1.807) is 10.7 Å². The number of pyridine rings is 1. The maximum absolute atomic E-state index is 13.6. The Kier molecular flexibility index (Phi) is 3.72. The van der Waals surface area contributed by atoms with Gasteiger partial charge in [0.25, 0.3) is 0 Å². The highest BCUT2D eigenvalue weighted by atomic mass is 79.9. The van der Waals surface area contributed by atoms with Gasteiger partial charge in [0, 0.05) is 18.7 Å². The van der Waals surface area contributed by atoms with Crippen molar-refractivity contribution in [2.24, 2.45) is 5.41 Å². The maximum atomic E-state index is 13.6. The zero-order valence-corrected chi connectivity index (χ0v) is 15.6. The molecule has 134 valence electrons. The number of nitrogens with zero attached hydrogens (tertiary/aromatic N) is 4. The minimum Gasteiger partial charge on any atom is -0.367 e. The fourth-order valence-electron chi connectivity index (χ4n) is 4.15. The number of halogens is 2. The van der Waals surface area contributed by atoms with E-state index in [0.717, 1.165) is 30.3 Å². The van der Waals surface area contributed by atoms with E-state index in [2.05, 4.69) is 36.6 Å². The normalized spacial score (nSPS) is 24.9. The average molecular weight is 417 g/mol. The largest absolute Gasteiger partial charge is 0.367 e. The molecule has 2 N–H and O–H groups in total. The SMILES string of the molecule is Fc1cc2ncc(-c3cccc(NC4CC5(CCNC5)C4)n3)n2nc1Br. The van der Waals surface area contributed by atoms with E-state index < -0.39 is 5.82 Å². The fraction of sp³-hybridized carbons (Fsp3) is 0.389. The van der Waals surface area contributed by atoms with Crippen LogP contribution in [0.3, 0.4) is 0 Å². The van der Waals surface area contributed by atoms with Crippen molar-refractivity contribution in [2.45, 2.75) is 25.3 Å². The molecule has 4 heterocycles. The van der Waals surface area contributed by atoms with E-state index >= 15 is 0 Å². The summed E-state index contributed by atoms with van der Waals surface area (Å²) in [6.07, 6.45) is 5.32. The van der Waals surface area contributed by atoms with Crippen molar-refractivity contribution in [1.82, 2.24) is 24.9 Å². The lowest BCUT2D eigenvalue weighted by molar-refractivity contribution is 0.141. The molecule has 1 saturated heterocycles. The van der Waals surface area contributed by atoms with Crippen LogP contribution in [0.4, 0.5) is 10.2 Å². The standard InChI is InChI=1S/C18H18BrFN6/c19-17-12(20)6-16-22-9-14(26(16)25-17)13-2-1-3-15(24-13)23-11-7-18(8-11)4-5-21-10-18/h1-3,6,9,11,21H,4-5,7-8,10H2,(H,23,24). The molecule has 6 nitrogen and oxygen atoms in total. The lowest BCUT2D eigenvalue weighted by Crippen LogP contribution is -2.46. The van der Waals surface area contributed by atoms with Crippen LogP contribution < -0.4 is 10.6 Å². The molecule has 5 rings (SSSR count). The topological polar surface area (TPSA) is 67.1 Å². The molecule has 1 aliphatic carbocycles. The Morgan fingerprint density at radius 3 is 3.04 bits per heavy atom. The number of aromatic nitrogens is 4. The number of hydrogen-bond acceptors (Lipinski definition) is 5. The van der Waals surface area contributed by atoms with Gasteiger partial charge in [-0.15, -0.1) is 0 Å². The highest BCUT2D eigenvalue weighted by molar-refractivity contribution is 9.10. The van der Waals surface area contributed by atoms with E-state index in [4.69, 9.17) is 4.98 Å². The number of nitrogens with one attached hydrogen (secondary N) is 2. The van der Waals surface area contributed by atoms with Crippen LogP contribution in [0.5, 0.6) is 0 Å². The molecule has 0 atom stereocenters. The monoisotopic (exact) mass is 416 g/mol. The number of rotatable bonds is 3. The van der Waals surface area contributed by atoms with E-state index in [9.17, 15) is 4.39 Å². The van der Waals surface area contributed by atoms with Crippen molar-refractivity contribution in [3.63, 3.8) is 0 Å². The molecular weight excluding hydrogens is 399 g/mol. The van der Waals surface area contributed by atoms with Crippen molar-refractivity contribution in [2.75, 3.05) is 18.4 Å². The van der Waals surface area contributed by atoms with Gasteiger partial charge >= 0.3 is 0 Å². The molecule has 8 heteroatoms. The van der Waals surface area contributed by atoms with E-state index in [-0.39, 0.29) is 4.60 Å². The molecule has 1 saturated carbocycles. The first kappa shape index (κ1) is 16.1. The zero-order chi connectivity index (χ0) is 17.7. The van der Waals surface area contributed by atoms with Gasteiger partial charge in [-0.25, -0.2) is 18.9 Å². The lowest BCUT2D eigenvalue weighted by Gasteiger charge is -2.45. The highest BCUT2D eigenvalue weighted by Gasteiger charge is 2.45. The molecule has 1 spiro atoms. The summed E-state index contributed by atoms with van der Waals surface area (Å²) in [4.78, 5) is 8.95. The van der Waals surface area contributed by atoms with E-state index in [0.29, 0.717) is 17.1 Å². The summed E-state index contributed by atoms with van der Waals surface area (Å²) in [6.45, 7) is 2.27. The zero-order valence-electron chi connectivity index (χ0n) is 14.0. The van der Waals surface area contributed by atoms with Crippen LogP contribution in [0.15, 0.2) is 35.1 Å². The highest BCUT2D eigenvalue weighted by Crippen LogP contribution is 2.46. The Labute approximate surface area is 158 Å². The average Bonchev–Trinajstić information content (AvgIpc) is 3.23. The van der Waals surface area contributed by atoms with Crippen molar-refractivity contribution in [3.8, 4) is 11.4 Å². The third-order valence-corrected chi connectivity index (χ3v) is 6.00. The summed E-state index contributed by atoms with van der Waals surface area (Å²) < 4.78 is 15.4. The molecule has 3 aromatic heterocycles. The van der Waals surface area contributed by atoms with Gasteiger partial charge in [-0.05, 0) is 59.3 Å². The van der Waals surface area contributed by atoms with Crippen LogP contribution >= 0.6 is 15.9 Å². The van der Waals surface area contributed by atoms with E-state index in [1.165, 1.54) is 25.3 Å². The maximum Gasteiger partial charge on any atom is 0.162 e. The van der Waals surface area contributed by atoms with Gasteiger partial charge in [-0.1, -0.05) is 6.07 Å².